The molecule has 1 heteroatoms. The monoisotopic (exact) mass is 272 g/mol. The summed E-state index contributed by atoms with van der Waals surface area (Å²) in [4.78, 5) is 0. The lowest BCUT2D eigenvalue weighted by Crippen LogP contribution is -2.14. The van der Waals surface area contributed by atoms with E-state index in [1.54, 1.807) is 0 Å². The van der Waals surface area contributed by atoms with Crippen LogP contribution in [0.2, 0.25) is 0 Å². The molecule has 0 saturated heterocycles. The van der Waals surface area contributed by atoms with E-state index in [1.165, 1.54) is 36.0 Å². The van der Waals surface area contributed by atoms with Gasteiger partial charge < -0.3 is 5.11 Å². The minimum atomic E-state index is -0.249. The molecule has 2 aliphatic rings. The van der Waals surface area contributed by atoms with Crippen LogP contribution < -0.4 is 0 Å². The van der Waals surface area contributed by atoms with Crippen molar-refractivity contribution in [1.29, 1.82) is 0 Å². The fourth-order valence-electron chi connectivity index (χ4n) is 4.00. The molecule has 1 aromatic rings. The Labute approximate surface area is 123 Å². The molecule has 1 aromatic carbocycles. The van der Waals surface area contributed by atoms with Crippen molar-refractivity contribution in [2.75, 3.05) is 0 Å². The lowest BCUT2D eigenvalue weighted by molar-refractivity contribution is 0.103. The van der Waals surface area contributed by atoms with Gasteiger partial charge in [-0.15, -0.1) is 0 Å². The number of benzene rings is 1. The number of rotatable bonds is 4. The molecule has 0 amide bonds. The lowest BCUT2D eigenvalue weighted by atomic mass is 9.84. The van der Waals surface area contributed by atoms with Gasteiger partial charge in [0.1, 0.15) is 0 Å². The Balaban J connectivity index is 1.87. The van der Waals surface area contributed by atoms with Gasteiger partial charge in [-0.3, -0.25) is 0 Å². The molecular formula is C19H28O. The number of fused-ring (bicyclic) bond motifs is 1. The van der Waals surface area contributed by atoms with Gasteiger partial charge in [-0.05, 0) is 65.5 Å². The van der Waals surface area contributed by atoms with Crippen molar-refractivity contribution in [3.8, 4) is 0 Å². The third kappa shape index (κ3) is 2.53. The maximum absolute atomic E-state index is 10.8. The van der Waals surface area contributed by atoms with Crippen LogP contribution in [0.3, 0.4) is 0 Å². The van der Waals surface area contributed by atoms with E-state index in [4.69, 9.17) is 0 Å². The minimum absolute atomic E-state index is 0.249. The zero-order chi connectivity index (χ0) is 14.4. The normalized spacial score (nSPS) is 29.9. The Bertz CT molecular complexity index is 479. The van der Waals surface area contributed by atoms with Gasteiger partial charge in [-0.25, -0.2) is 0 Å². The molecule has 0 aromatic heterocycles. The first-order valence-electron chi connectivity index (χ1n) is 8.29. The fourth-order valence-corrected chi connectivity index (χ4v) is 4.00. The van der Waals surface area contributed by atoms with Gasteiger partial charge in [0.05, 0.1) is 6.10 Å². The van der Waals surface area contributed by atoms with Gasteiger partial charge in [0, 0.05) is 0 Å². The average Bonchev–Trinajstić information content (AvgIpc) is 3.03. The molecule has 3 rings (SSSR count). The summed E-state index contributed by atoms with van der Waals surface area (Å²) in [6.45, 7) is 8.95. The standard InChI is InChI=1S/C19H28O/c1-11(2)13-5-6-17(18(10-13)12(3)4)19(20)16-8-14-7-15(14)9-16/h5-6,10-12,14-16,19-20H,7-9H2,1-4H3. The number of aliphatic hydroxyl groups excluding tert-OH is 1. The van der Waals surface area contributed by atoms with Gasteiger partial charge in [-0.2, -0.15) is 0 Å². The Morgan fingerprint density at radius 3 is 2.10 bits per heavy atom. The summed E-state index contributed by atoms with van der Waals surface area (Å²) in [5, 5.41) is 10.8. The van der Waals surface area contributed by atoms with Crippen LogP contribution >= 0.6 is 0 Å². The SMILES string of the molecule is CC(C)c1ccc(C(O)C2CC3CC3C2)c(C(C)C)c1. The first-order valence-corrected chi connectivity index (χ1v) is 8.29. The Morgan fingerprint density at radius 2 is 1.55 bits per heavy atom. The smallest absolute Gasteiger partial charge is 0.0821 e. The van der Waals surface area contributed by atoms with Gasteiger partial charge in [0.15, 0.2) is 0 Å². The summed E-state index contributed by atoms with van der Waals surface area (Å²) in [6, 6.07) is 6.73. The van der Waals surface area contributed by atoms with Crippen LogP contribution in [-0.4, -0.2) is 5.11 Å². The average molecular weight is 272 g/mol. The molecule has 1 nitrogen and oxygen atoms in total. The fraction of sp³-hybridized carbons (Fsp3) is 0.684. The van der Waals surface area contributed by atoms with E-state index >= 15 is 0 Å². The molecule has 2 saturated carbocycles. The van der Waals surface area contributed by atoms with Gasteiger partial charge in [0.2, 0.25) is 0 Å². The zero-order valence-electron chi connectivity index (χ0n) is 13.3. The van der Waals surface area contributed by atoms with E-state index in [0.29, 0.717) is 17.8 Å². The summed E-state index contributed by atoms with van der Waals surface area (Å²) >= 11 is 0. The molecule has 3 unspecified atom stereocenters. The maximum atomic E-state index is 10.8. The van der Waals surface area contributed by atoms with Gasteiger partial charge in [0.25, 0.3) is 0 Å². The van der Waals surface area contributed by atoms with Crippen LogP contribution in [-0.2, 0) is 0 Å². The predicted octanol–water partition coefficient (Wildman–Crippen LogP) is 5.01. The van der Waals surface area contributed by atoms with Crippen molar-refractivity contribution < 1.29 is 5.11 Å². The molecule has 110 valence electrons. The van der Waals surface area contributed by atoms with Crippen LogP contribution in [0.15, 0.2) is 18.2 Å². The van der Waals surface area contributed by atoms with E-state index in [2.05, 4.69) is 45.9 Å². The second-order valence-electron chi connectivity index (χ2n) is 7.63. The van der Waals surface area contributed by atoms with E-state index in [0.717, 1.165) is 11.8 Å². The third-order valence-electron chi connectivity index (χ3n) is 5.44. The summed E-state index contributed by atoms with van der Waals surface area (Å²) in [5.41, 5.74) is 3.93. The van der Waals surface area contributed by atoms with Crippen LogP contribution in [0.4, 0.5) is 0 Å². The first-order chi connectivity index (χ1) is 9.47. The molecule has 3 atom stereocenters. The van der Waals surface area contributed by atoms with E-state index < -0.39 is 0 Å². The Hall–Kier alpha value is -0.820. The van der Waals surface area contributed by atoms with Crippen LogP contribution in [0.1, 0.15) is 81.6 Å². The van der Waals surface area contributed by atoms with Gasteiger partial charge >= 0.3 is 0 Å². The predicted molar refractivity (Wildman–Crippen MR) is 83.9 cm³/mol. The number of hydrogen-bond donors (Lipinski definition) is 1. The molecule has 0 radical (unpaired) electrons. The van der Waals surface area contributed by atoms with E-state index in [9.17, 15) is 5.11 Å². The molecule has 0 heterocycles. The molecule has 0 aliphatic heterocycles. The third-order valence-corrected chi connectivity index (χ3v) is 5.44. The quantitative estimate of drug-likeness (QED) is 0.816. The number of hydrogen-bond acceptors (Lipinski definition) is 1. The van der Waals surface area contributed by atoms with Crippen molar-refractivity contribution in [1.82, 2.24) is 0 Å². The Kier molecular flexibility index (Phi) is 3.66. The molecule has 1 N–H and O–H groups in total. The van der Waals surface area contributed by atoms with Crippen molar-refractivity contribution in [2.45, 2.75) is 64.9 Å². The Morgan fingerprint density at radius 1 is 0.900 bits per heavy atom. The highest BCUT2D eigenvalue weighted by molar-refractivity contribution is 5.37. The van der Waals surface area contributed by atoms with E-state index in [1.807, 2.05) is 0 Å². The largest absolute Gasteiger partial charge is 0.388 e. The zero-order valence-corrected chi connectivity index (χ0v) is 13.3. The van der Waals surface area contributed by atoms with Crippen molar-refractivity contribution in [3.05, 3.63) is 34.9 Å². The molecule has 2 aliphatic carbocycles. The summed E-state index contributed by atoms with van der Waals surface area (Å²) < 4.78 is 0. The molecular weight excluding hydrogens is 244 g/mol. The van der Waals surface area contributed by atoms with Crippen LogP contribution in [0, 0.1) is 17.8 Å². The van der Waals surface area contributed by atoms with E-state index in [-0.39, 0.29) is 6.10 Å². The topological polar surface area (TPSA) is 20.2 Å². The second-order valence-corrected chi connectivity index (χ2v) is 7.63. The second kappa shape index (κ2) is 5.18. The van der Waals surface area contributed by atoms with Crippen LogP contribution in [0.25, 0.3) is 0 Å². The number of aliphatic hydroxyl groups is 1. The maximum Gasteiger partial charge on any atom is 0.0821 e. The van der Waals surface area contributed by atoms with Crippen molar-refractivity contribution in [3.63, 3.8) is 0 Å². The lowest BCUT2D eigenvalue weighted by Gasteiger charge is -2.25. The summed E-state index contributed by atoms with van der Waals surface area (Å²) in [5.74, 6) is 3.41. The highest BCUT2D eigenvalue weighted by Gasteiger charge is 2.48. The summed E-state index contributed by atoms with van der Waals surface area (Å²) in [7, 11) is 0. The molecule has 20 heavy (non-hydrogen) atoms. The van der Waals surface area contributed by atoms with Gasteiger partial charge in [-0.1, -0.05) is 45.9 Å². The van der Waals surface area contributed by atoms with Crippen LogP contribution in [0.5, 0.6) is 0 Å². The summed E-state index contributed by atoms with van der Waals surface area (Å²) in [6.07, 6.45) is 3.67. The van der Waals surface area contributed by atoms with Crippen molar-refractivity contribution >= 4 is 0 Å². The molecule has 0 spiro atoms. The minimum Gasteiger partial charge on any atom is -0.388 e. The molecule has 2 fully saturated rings. The first kappa shape index (κ1) is 14.1. The molecule has 0 bridgehead atoms. The highest BCUT2D eigenvalue weighted by atomic mass is 16.3. The highest BCUT2D eigenvalue weighted by Crippen LogP contribution is 2.57. The van der Waals surface area contributed by atoms with Crippen molar-refractivity contribution in [2.24, 2.45) is 17.8 Å².